The lowest BCUT2D eigenvalue weighted by molar-refractivity contribution is -0.146. The second kappa shape index (κ2) is 9.16. The molecule has 0 radical (unpaired) electrons. The molecule has 2 amide bonds. The summed E-state index contributed by atoms with van der Waals surface area (Å²) in [6.45, 7) is 1.14. The highest BCUT2D eigenvalue weighted by Gasteiger charge is 2.54. The van der Waals surface area contributed by atoms with Gasteiger partial charge >= 0.3 is 0 Å². The summed E-state index contributed by atoms with van der Waals surface area (Å²) in [5, 5.41) is 6.00. The minimum Gasteiger partial charge on any atom is -0.492 e. The molecule has 0 unspecified atom stereocenters. The Balaban J connectivity index is 1.07. The van der Waals surface area contributed by atoms with Crippen LogP contribution in [0.4, 0.5) is 4.39 Å². The second-order valence-corrected chi connectivity index (χ2v) is 10.1. The van der Waals surface area contributed by atoms with Crippen molar-refractivity contribution in [2.24, 2.45) is 23.2 Å². The lowest BCUT2D eigenvalue weighted by atomic mass is 9.49. The molecule has 174 valence electrons. The van der Waals surface area contributed by atoms with Crippen LogP contribution in [0.25, 0.3) is 0 Å². The minimum absolute atomic E-state index is 0.134. The van der Waals surface area contributed by atoms with Crippen LogP contribution < -0.4 is 15.4 Å². The van der Waals surface area contributed by atoms with E-state index >= 15 is 0 Å². The molecule has 6 heteroatoms. The fourth-order valence-corrected chi connectivity index (χ4v) is 6.50. The molecule has 4 fully saturated rings. The number of amides is 2. The number of benzene rings is 2. The maximum Gasteiger partial charge on any atom is 0.251 e. The van der Waals surface area contributed by atoms with Crippen LogP contribution in [0, 0.1) is 29.0 Å². The maximum absolute atomic E-state index is 13.1. The predicted molar refractivity (Wildman–Crippen MR) is 123 cm³/mol. The fraction of sp³-hybridized carbons (Fsp3) is 0.481. The second-order valence-electron chi connectivity index (χ2n) is 10.1. The number of hydrogen-bond acceptors (Lipinski definition) is 3. The van der Waals surface area contributed by atoms with E-state index in [4.69, 9.17) is 4.74 Å². The van der Waals surface area contributed by atoms with Crippen molar-refractivity contribution >= 4 is 11.8 Å². The van der Waals surface area contributed by atoms with Crippen LogP contribution in [0.2, 0.25) is 0 Å². The number of hydrogen-bond donors (Lipinski definition) is 2. The fourth-order valence-electron chi connectivity index (χ4n) is 6.50. The molecule has 4 bridgehead atoms. The molecule has 0 aromatic heterocycles. The molecule has 4 aliphatic carbocycles. The zero-order valence-electron chi connectivity index (χ0n) is 18.8. The van der Waals surface area contributed by atoms with Gasteiger partial charge in [-0.05, 0) is 98.2 Å². The van der Waals surface area contributed by atoms with Gasteiger partial charge in [0.2, 0.25) is 5.91 Å². The molecule has 2 aromatic carbocycles. The van der Waals surface area contributed by atoms with Crippen molar-refractivity contribution in [3.63, 3.8) is 0 Å². The summed E-state index contributed by atoms with van der Waals surface area (Å²) in [5.74, 6) is 2.55. The number of rotatable bonds is 8. The van der Waals surface area contributed by atoms with Crippen molar-refractivity contribution in [2.75, 3.05) is 13.2 Å². The van der Waals surface area contributed by atoms with Gasteiger partial charge in [-0.1, -0.05) is 12.1 Å². The summed E-state index contributed by atoms with van der Waals surface area (Å²) in [6.07, 6.45) is 7.18. The first kappa shape index (κ1) is 21.9. The van der Waals surface area contributed by atoms with E-state index in [0.29, 0.717) is 31.0 Å². The Kier molecular flexibility index (Phi) is 6.09. The number of halogens is 1. The van der Waals surface area contributed by atoms with Gasteiger partial charge < -0.3 is 15.4 Å². The monoisotopic (exact) mass is 450 g/mol. The van der Waals surface area contributed by atoms with E-state index in [1.165, 1.54) is 31.4 Å². The van der Waals surface area contributed by atoms with Gasteiger partial charge in [-0.15, -0.1) is 0 Å². The molecule has 0 saturated heterocycles. The highest BCUT2D eigenvalue weighted by Crippen LogP contribution is 2.60. The van der Waals surface area contributed by atoms with Crippen molar-refractivity contribution in [3.8, 4) is 5.75 Å². The van der Waals surface area contributed by atoms with Crippen LogP contribution in [0.15, 0.2) is 48.5 Å². The molecule has 4 saturated carbocycles. The Morgan fingerprint density at radius 1 is 0.879 bits per heavy atom. The SMILES string of the molecule is O=C(NCCOc1ccc(F)cc1)c1ccc(CNC(=O)C23CC4CC(CC(C4)C2)C3)cc1. The standard InChI is InChI=1S/C27H31FN2O3/c28-23-5-7-24(8-6-23)33-10-9-29-25(31)22-3-1-18(2-4-22)17-30-26(32)27-14-19-11-20(15-27)13-21(12-19)16-27/h1-8,19-21H,9-17H2,(H,29,31)(H,30,32). The Bertz CT molecular complexity index is 968. The third kappa shape index (κ3) is 4.90. The van der Waals surface area contributed by atoms with E-state index < -0.39 is 0 Å². The first-order valence-electron chi connectivity index (χ1n) is 12.0. The van der Waals surface area contributed by atoms with Gasteiger partial charge in [0, 0.05) is 17.5 Å². The van der Waals surface area contributed by atoms with E-state index in [9.17, 15) is 14.0 Å². The van der Waals surface area contributed by atoms with Gasteiger partial charge in [-0.25, -0.2) is 4.39 Å². The molecule has 2 aromatic rings. The molecule has 6 rings (SSSR count). The Morgan fingerprint density at radius 2 is 1.48 bits per heavy atom. The van der Waals surface area contributed by atoms with Gasteiger partial charge in [0.05, 0.1) is 6.54 Å². The number of carbonyl (C=O) groups is 2. The van der Waals surface area contributed by atoms with Crippen LogP contribution in [-0.4, -0.2) is 25.0 Å². The molecule has 33 heavy (non-hydrogen) atoms. The number of carbonyl (C=O) groups excluding carboxylic acids is 2. The lowest BCUT2D eigenvalue weighted by Gasteiger charge is -2.55. The molecule has 0 aliphatic heterocycles. The lowest BCUT2D eigenvalue weighted by Crippen LogP contribution is -2.53. The van der Waals surface area contributed by atoms with Gasteiger partial charge in [0.25, 0.3) is 5.91 Å². The Hall–Kier alpha value is -2.89. The Morgan fingerprint density at radius 3 is 2.09 bits per heavy atom. The Labute approximate surface area is 194 Å². The highest BCUT2D eigenvalue weighted by molar-refractivity contribution is 5.94. The molecule has 2 N–H and O–H groups in total. The topological polar surface area (TPSA) is 67.4 Å². The molecule has 0 spiro atoms. The van der Waals surface area contributed by atoms with Crippen LogP contribution in [0.5, 0.6) is 5.75 Å². The average Bonchev–Trinajstić information content (AvgIpc) is 2.81. The summed E-state index contributed by atoms with van der Waals surface area (Å²) in [4.78, 5) is 25.5. The molecule has 0 atom stereocenters. The molecular formula is C27H31FN2O3. The van der Waals surface area contributed by atoms with E-state index in [-0.39, 0.29) is 23.0 Å². The zero-order chi connectivity index (χ0) is 22.8. The van der Waals surface area contributed by atoms with E-state index in [1.807, 2.05) is 12.1 Å². The maximum atomic E-state index is 13.1. The normalized spacial score (nSPS) is 27.2. The van der Waals surface area contributed by atoms with E-state index in [2.05, 4.69) is 10.6 Å². The minimum atomic E-state index is -0.314. The first-order valence-corrected chi connectivity index (χ1v) is 12.0. The summed E-state index contributed by atoms with van der Waals surface area (Å²) in [6, 6.07) is 13.1. The van der Waals surface area contributed by atoms with Crippen LogP contribution >= 0.6 is 0 Å². The van der Waals surface area contributed by atoms with Crippen molar-refractivity contribution < 1.29 is 18.7 Å². The predicted octanol–water partition coefficient (Wildman–Crippen LogP) is 4.47. The van der Waals surface area contributed by atoms with Crippen LogP contribution in [0.3, 0.4) is 0 Å². The molecule has 0 heterocycles. The van der Waals surface area contributed by atoms with Gasteiger partial charge in [-0.3, -0.25) is 9.59 Å². The van der Waals surface area contributed by atoms with E-state index in [1.54, 1.807) is 24.3 Å². The molecule has 5 nitrogen and oxygen atoms in total. The van der Waals surface area contributed by atoms with Crippen molar-refractivity contribution in [1.29, 1.82) is 0 Å². The zero-order valence-corrected chi connectivity index (χ0v) is 18.8. The van der Waals surface area contributed by atoms with Gasteiger partial charge in [-0.2, -0.15) is 0 Å². The summed E-state index contributed by atoms with van der Waals surface area (Å²) < 4.78 is 18.4. The largest absolute Gasteiger partial charge is 0.492 e. The summed E-state index contributed by atoms with van der Waals surface area (Å²) in [7, 11) is 0. The molecule has 4 aliphatic rings. The number of ether oxygens (including phenoxy) is 1. The number of nitrogens with one attached hydrogen (secondary N) is 2. The quantitative estimate of drug-likeness (QED) is 0.584. The smallest absolute Gasteiger partial charge is 0.251 e. The van der Waals surface area contributed by atoms with Crippen molar-refractivity contribution in [1.82, 2.24) is 10.6 Å². The van der Waals surface area contributed by atoms with Gasteiger partial charge in [0.1, 0.15) is 18.2 Å². The van der Waals surface area contributed by atoms with Crippen LogP contribution in [0.1, 0.15) is 54.4 Å². The third-order valence-electron chi connectivity index (χ3n) is 7.66. The van der Waals surface area contributed by atoms with Crippen LogP contribution in [-0.2, 0) is 11.3 Å². The summed E-state index contributed by atoms with van der Waals surface area (Å²) in [5.41, 5.74) is 1.42. The summed E-state index contributed by atoms with van der Waals surface area (Å²) >= 11 is 0. The third-order valence-corrected chi connectivity index (χ3v) is 7.66. The molecular weight excluding hydrogens is 419 g/mol. The first-order chi connectivity index (χ1) is 16.0. The highest BCUT2D eigenvalue weighted by atomic mass is 19.1. The van der Waals surface area contributed by atoms with E-state index in [0.717, 1.165) is 42.6 Å². The van der Waals surface area contributed by atoms with Crippen molar-refractivity contribution in [3.05, 3.63) is 65.5 Å². The van der Waals surface area contributed by atoms with Gasteiger partial charge in [0.15, 0.2) is 0 Å². The average molecular weight is 451 g/mol. The van der Waals surface area contributed by atoms with Crippen molar-refractivity contribution in [2.45, 2.75) is 45.1 Å².